The zero-order valence-corrected chi connectivity index (χ0v) is 12.9. The van der Waals surface area contributed by atoms with E-state index >= 15 is 0 Å². The highest BCUT2D eigenvalue weighted by Gasteiger charge is 2.10. The van der Waals surface area contributed by atoms with Gasteiger partial charge in [-0.15, -0.1) is 0 Å². The zero-order valence-electron chi connectivity index (χ0n) is 12.0. The molecular weight excluding hydrogens is 280 g/mol. The van der Waals surface area contributed by atoms with Crippen molar-refractivity contribution in [2.75, 3.05) is 0 Å². The molecule has 1 aromatic carbocycles. The van der Waals surface area contributed by atoms with E-state index in [1.165, 1.54) is 0 Å². The fraction of sp³-hybridized carbons (Fsp3) is 0.176. The van der Waals surface area contributed by atoms with Gasteiger partial charge in [-0.2, -0.15) is 0 Å². The monoisotopic (exact) mass is 296 g/mol. The number of rotatable bonds is 3. The second-order valence-corrected chi connectivity index (χ2v) is 6.50. The van der Waals surface area contributed by atoms with Crippen LogP contribution in [0.25, 0.3) is 10.9 Å². The maximum atomic E-state index is 12.5. The average molecular weight is 296 g/mol. The summed E-state index contributed by atoms with van der Waals surface area (Å²) in [5, 5.41) is 1.68. The van der Waals surface area contributed by atoms with Crippen LogP contribution in [0.2, 0.25) is 0 Å². The van der Waals surface area contributed by atoms with Gasteiger partial charge in [-0.3, -0.25) is 9.19 Å². The first-order chi connectivity index (χ1) is 10.1. The van der Waals surface area contributed by atoms with Crippen LogP contribution in [0.4, 0.5) is 0 Å². The summed E-state index contributed by atoms with van der Waals surface area (Å²) in [4.78, 5) is 8.77. The van der Waals surface area contributed by atoms with Gasteiger partial charge in [0.05, 0.1) is 22.1 Å². The number of para-hydroxylation sites is 1. The lowest BCUT2D eigenvalue weighted by molar-refractivity contribution is 0.680. The Kier molecular flexibility index (Phi) is 3.80. The molecule has 0 saturated heterocycles. The predicted molar refractivity (Wildman–Crippen MR) is 85.6 cm³/mol. The van der Waals surface area contributed by atoms with E-state index in [2.05, 4.69) is 9.97 Å². The standard InChI is InChI=1S/C17H16N2OS/c1-12-7-8-17(18-10-12)21(20)11-14-9-13(2)19-16-6-4-3-5-15(14)16/h3-10H,11H2,1-2H3. The Balaban J connectivity index is 1.98. The SMILES string of the molecule is Cc1ccc(S(=O)Cc2cc(C)nc3ccccc23)nc1. The summed E-state index contributed by atoms with van der Waals surface area (Å²) in [5.74, 6) is 0.458. The fourth-order valence-corrected chi connectivity index (χ4v) is 3.38. The minimum absolute atomic E-state index is 0.458. The molecule has 3 rings (SSSR count). The van der Waals surface area contributed by atoms with Gasteiger partial charge in [0, 0.05) is 17.3 Å². The fourth-order valence-electron chi connectivity index (χ4n) is 2.32. The number of aromatic nitrogens is 2. The Morgan fingerprint density at radius 2 is 1.90 bits per heavy atom. The second-order valence-electron chi connectivity index (χ2n) is 5.10. The van der Waals surface area contributed by atoms with Gasteiger partial charge in [0.1, 0.15) is 5.03 Å². The van der Waals surface area contributed by atoms with Gasteiger partial charge in [-0.1, -0.05) is 24.3 Å². The molecule has 106 valence electrons. The van der Waals surface area contributed by atoms with Crippen LogP contribution >= 0.6 is 0 Å². The van der Waals surface area contributed by atoms with Crippen molar-refractivity contribution in [3.63, 3.8) is 0 Å². The predicted octanol–water partition coefficient (Wildman–Crippen LogP) is 3.55. The molecule has 0 amide bonds. The molecule has 2 heterocycles. The second kappa shape index (κ2) is 5.74. The first kappa shape index (κ1) is 13.9. The van der Waals surface area contributed by atoms with E-state index < -0.39 is 10.8 Å². The molecule has 3 aromatic rings. The summed E-state index contributed by atoms with van der Waals surface area (Å²) in [5.41, 5.74) is 4.01. The molecule has 3 nitrogen and oxygen atoms in total. The zero-order chi connectivity index (χ0) is 14.8. The summed E-state index contributed by atoms with van der Waals surface area (Å²) in [7, 11) is -1.15. The largest absolute Gasteiger partial charge is 0.253 e. The molecule has 21 heavy (non-hydrogen) atoms. The number of fused-ring (bicyclic) bond motifs is 1. The lowest BCUT2D eigenvalue weighted by atomic mass is 10.1. The number of nitrogens with zero attached hydrogens (tertiary/aromatic N) is 2. The van der Waals surface area contributed by atoms with Gasteiger partial charge < -0.3 is 0 Å². The highest BCUT2D eigenvalue weighted by atomic mass is 32.2. The highest BCUT2D eigenvalue weighted by Crippen LogP contribution is 2.21. The maximum absolute atomic E-state index is 12.5. The normalized spacial score (nSPS) is 12.5. The number of hydrogen-bond donors (Lipinski definition) is 0. The number of aryl methyl sites for hydroxylation is 2. The van der Waals surface area contributed by atoms with Crippen LogP contribution in [0.3, 0.4) is 0 Å². The third-order valence-corrected chi connectivity index (χ3v) is 4.62. The Bertz CT molecular complexity index is 813. The van der Waals surface area contributed by atoms with Gasteiger partial charge >= 0.3 is 0 Å². The molecule has 0 aliphatic carbocycles. The minimum Gasteiger partial charge on any atom is -0.253 e. The first-order valence-electron chi connectivity index (χ1n) is 6.80. The van der Waals surface area contributed by atoms with Crippen molar-refractivity contribution in [2.24, 2.45) is 0 Å². The van der Waals surface area contributed by atoms with Crippen LogP contribution in [-0.2, 0) is 16.6 Å². The molecule has 0 saturated carbocycles. The molecule has 0 aliphatic heterocycles. The quantitative estimate of drug-likeness (QED) is 0.742. The van der Waals surface area contributed by atoms with Crippen LogP contribution in [-0.4, -0.2) is 14.2 Å². The maximum Gasteiger partial charge on any atom is 0.127 e. The van der Waals surface area contributed by atoms with Crippen LogP contribution in [0, 0.1) is 13.8 Å². The van der Waals surface area contributed by atoms with E-state index in [0.29, 0.717) is 10.8 Å². The molecule has 4 heteroatoms. The van der Waals surface area contributed by atoms with Crippen molar-refractivity contribution in [2.45, 2.75) is 24.6 Å². The lowest BCUT2D eigenvalue weighted by Crippen LogP contribution is -2.01. The first-order valence-corrected chi connectivity index (χ1v) is 8.12. The molecule has 0 bridgehead atoms. The van der Waals surface area contributed by atoms with Gasteiger partial charge in [-0.05, 0) is 43.2 Å². The van der Waals surface area contributed by atoms with E-state index in [1.54, 1.807) is 6.20 Å². The summed E-state index contributed by atoms with van der Waals surface area (Å²) in [6, 6.07) is 13.7. The van der Waals surface area contributed by atoms with Crippen molar-refractivity contribution in [1.29, 1.82) is 0 Å². The third-order valence-electron chi connectivity index (χ3n) is 3.33. The third kappa shape index (κ3) is 3.00. The van der Waals surface area contributed by atoms with Gasteiger partial charge in [0.15, 0.2) is 0 Å². The van der Waals surface area contributed by atoms with E-state index in [1.807, 2.05) is 56.3 Å². The molecular formula is C17H16N2OS. The Hall–Kier alpha value is -2.07. The topological polar surface area (TPSA) is 42.9 Å². The van der Waals surface area contributed by atoms with E-state index in [9.17, 15) is 4.21 Å². The van der Waals surface area contributed by atoms with Crippen LogP contribution in [0.5, 0.6) is 0 Å². The van der Waals surface area contributed by atoms with E-state index in [4.69, 9.17) is 0 Å². The summed E-state index contributed by atoms with van der Waals surface area (Å²) < 4.78 is 12.5. The summed E-state index contributed by atoms with van der Waals surface area (Å²) in [6.07, 6.45) is 1.75. The molecule has 2 aromatic heterocycles. The van der Waals surface area contributed by atoms with Crippen molar-refractivity contribution in [3.05, 3.63) is 65.5 Å². The highest BCUT2D eigenvalue weighted by molar-refractivity contribution is 7.84. The Morgan fingerprint density at radius 1 is 1.10 bits per heavy atom. The summed E-state index contributed by atoms with van der Waals surface area (Å²) >= 11 is 0. The lowest BCUT2D eigenvalue weighted by Gasteiger charge is -2.08. The van der Waals surface area contributed by atoms with Crippen LogP contribution in [0.15, 0.2) is 53.7 Å². The van der Waals surface area contributed by atoms with E-state index in [-0.39, 0.29) is 0 Å². The molecule has 1 unspecified atom stereocenters. The van der Waals surface area contributed by atoms with Gasteiger partial charge in [0.2, 0.25) is 0 Å². The van der Waals surface area contributed by atoms with Crippen molar-refractivity contribution in [1.82, 2.24) is 9.97 Å². The van der Waals surface area contributed by atoms with Crippen molar-refractivity contribution < 1.29 is 4.21 Å². The Morgan fingerprint density at radius 3 is 2.67 bits per heavy atom. The van der Waals surface area contributed by atoms with Crippen LogP contribution < -0.4 is 0 Å². The van der Waals surface area contributed by atoms with Crippen LogP contribution in [0.1, 0.15) is 16.8 Å². The van der Waals surface area contributed by atoms with Gasteiger partial charge in [-0.25, -0.2) is 4.98 Å². The molecule has 0 N–H and O–H groups in total. The minimum atomic E-state index is -1.15. The van der Waals surface area contributed by atoms with Crippen molar-refractivity contribution >= 4 is 21.7 Å². The van der Waals surface area contributed by atoms with Gasteiger partial charge in [0.25, 0.3) is 0 Å². The molecule has 0 spiro atoms. The smallest absolute Gasteiger partial charge is 0.127 e. The summed E-state index contributed by atoms with van der Waals surface area (Å²) in [6.45, 7) is 3.93. The number of hydrogen-bond acceptors (Lipinski definition) is 3. The van der Waals surface area contributed by atoms with E-state index in [0.717, 1.165) is 27.7 Å². The number of pyridine rings is 2. The number of benzene rings is 1. The molecule has 0 radical (unpaired) electrons. The Labute approximate surface area is 126 Å². The average Bonchev–Trinajstić information content (AvgIpc) is 2.47. The molecule has 0 fully saturated rings. The van der Waals surface area contributed by atoms with Crippen molar-refractivity contribution in [3.8, 4) is 0 Å². The molecule has 1 atom stereocenters. The molecule has 0 aliphatic rings.